The number of likely N-dealkylation sites (N-methyl/N-ethyl adjacent to an activating group) is 1. The zero-order valence-corrected chi connectivity index (χ0v) is 13.0. The number of carbonyl (C=O) groups is 2. The van der Waals surface area contributed by atoms with Crippen molar-refractivity contribution in [2.24, 2.45) is 5.41 Å². The largest absolute Gasteiger partial charge is 0.481 e. The Morgan fingerprint density at radius 1 is 1.29 bits per heavy atom. The van der Waals surface area contributed by atoms with Crippen LogP contribution in [0.1, 0.15) is 25.7 Å². The minimum Gasteiger partial charge on any atom is -0.481 e. The molecular formula is C14H27N3O4. The smallest absolute Gasteiger partial charge is 0.314 e. The number of nitrogens with one attached hydrogen (secondary N) is 2. The van der Waals surface area contributed by atoms with Crippen LogP contribution in [0.25, 0.3) is 0 Å². The van der Waals surface area contributed by atoms with E-state index in [1.54, 1.807) is 7.11 Å². The zero-order valence-electron chi connectivity index (χ0n) is 13.0. The molecule has 1 fully saturated rings. The molecule has 0 aromatic rings. The number of aliphatic carboxylic acids is 1. The summed E-state index contributed by atoms with van der Waals surface area (Å²) in [5.41, 5.74) is -0.238. The van der Waals surface area contributed by atoms with Gasteiger partial charge in [0.05, 0.1) is 13.0 Å². The lowest BCUT2D eigenvalue weighted by molar-refractivity contribution is -0.141. The average molecular weight is 301 g/mol. The van der Waals surface area contributed by atoms with Crippen LogP contribution in [0.5, 0.6) is 0 Å². The van der Waals surface area contributed by atoms with Crippen LogP contribution in [0.3, 0.4) is 0 Å². The monoisotopic (exact) mass is 301 g/mol. The summed E-state index contributed by atoms with van der Waals surface area (Å²) in [6.45, 7) is 3.22. The number of carboxylic acid groups (broad SMARTS) is 1. The van der Waals surface area contributed by atoms with Crippen molar-refractivity contribution in [2.45, 2.75) is 25.7 Å². The molecule has 7 nitrogen and oxygen atoms in total. The van der Waals surface area contributed by atoms with Crippen molar-refractivity contribution in [3.8, 4) is 0 Å². The molecule has 0 atom stereocenters. The van der Waals surface area contributed by atoms with Crippen molar-refractivity contribution < 1.29 is 19.4 Å². The van der Waals surface area contributed by atoms with Gasteiger partial charge in [-0.25, -0.2) is 4.79 Å². The fourth-order valence-electron chi connectivity index (χ4n) is 2.46. The van der Waals surface area contributed by atoms with Gasteiger partial charge in [0, 0.05) is 33.3 Å². The number of carboxylic acids is 1. The average Bonchev–Trinajstić information content (AvgIpc) is 2.39. The van der Waals surface area contributed by atoms with Crippen molar-refractivity contribution in [1.82, 2.24) is 15.5 Å². The third-order valence-electron chi connectivity index (χ3n) is 4.02. The topological polar surface area (TPSA) is 90.9 Å². The third-order valence-corrected chi connectivity index (χ3v) is 4.02. The maximum atomic E-state index is 11.7. The van der Waals surface area contributed by atoms with Gasteiger partial charge in [-0.15, -0.1) is 0 Å². The Kier molecular flexibility index (Phi) is 7.45. The number of hydrogen-bond acceptors (Lipinski definition) is 4. The molecule has 21 heavy (non-hydrogen) atoms. The maximum Gasteiger partial charge on any atom is 0.314 e. The highest BCUT2D eigenvalue weighted by Gasteiger charge is 2.39. The van der Waals surface area contributed by atoms with Gasteiger partial charge in [0.1, 0.15) is 0 Å². The van der Waals surface area contributed by atoms with Crippen LogP contribution in [-0.2, 0) is 9.53 Å². The Labute approximate surface area is 126 Å². The molecule has 0 unspecified atom stereocenters. The highest BCUT2D eigenvalue weighted by Crippen LogP contribution is 2.43. The molecule has 1 aliphatic carbocycles. The summed E-state index contributed by atoms with van der Waals surface area (Å²) in [7, 11) is 3.63. The van der Waals surface area contributed by atoms with Gasteiger partial charge in [-0.3, -0.25) is 4.79 Å². The molecule has 0 bridgehead atoms. The van der Waals surface area contributed by atoms with E-state index in [4.69, 9.17) is 9.84 Å². The first-order valence-electron chi connectivity index (χ1n) is 7.38. The van der Waals surface area contributed by atoms with Gasteiger partial charge in [-0.2, -0.15) is 0 Å². The standard InChI is InChI=1S/C14H27N3O4/c1-17(8-9-21-2)7-6-15-13(20)16-11-14(4-3-5-14)10-12(18)19/h3-11H2,1-2H3,(H,18,19)(H2,15,16,20). The van der Waals surface area contributed by atoms with E-state index in [0.29, 0.717) is 19.7 Å². The molecule has 2 amide bonds. The first kappa shape index (κ1) is 17.7. The second-order valence-corrected chi connectivity index (χ2v) is 5.83. The maximum absolute atomic E-state index is 11.7. The second kappa shape index (κ2) is 8.84. The number of urea groups is 1. The molecule has 1 saturated carbocycles. The van der Waals surface area contributed by atoms with E-state index < -0.39 is 5.97 Å². The fraction of sp³-hybridized carbons (Fsp3) is 0.857. The molecule has 0 aliphatic heterocycles. The Morgan fingerprint density at radius 3 is 2.52 bits per heavy atom. The lowest BCUT2D eigenvalue weighted by Crippen LogP contribution is -2.47. The minimum absolute atomic E-state index is 0.132. The van der Waals surface area contributed by atoms with E-state index >= 15 is 0 Å². The van der Waals surface area contributed by atoms with E-state index in [2.05, 4.69) is 15.5 Å². The van der Waals surface area contributed by atoms with Crippen molar-refractivity contribution in [2.75, 3.05) is 46.9 Å². The Hall–Kier alpha value is -1.34. The molecule has 0 aromatic heterocycles. The normalized spacial score (nSPS) is 16.3. The number of amides is 2. The van der Waals surface area contributed by atoms with Gasteiger partial charge in [-0.05, 0) is 25.3 Å². The van der Waals surface area contributed by atoms with Crippen LogP contribution < -0.4 is 10.6 Å². The SMILES string of the molecule is COCCN(C)CCNC(=O)NCC1(CC(=O)O)CCC1. The van der Waals surface area contributed by atoms with Crippen LogP contribution in [0.4, 0.5) is 4.79 Å². The molecule has 122 valence electrons. The number of rotatable bonds is 10. The Morgan fingerprint density at radius 2 is 2.00 bits per heavy atom. The predicted octanol–water partition coefficient (Wildman–Crippen LogP) is 0.509. The number of methoxy groups -OCH3 is 1. The second-order valence-electron chi connectivity index (χ2n) is 5.83. The molecule has 0 heterocycles. The van der Waals surface area contributed by atoms with Gasteiger partial charge in [0.15, 0.2) is 0 Å². The van der Waals surface area contributed by atoms with Crippen LogP contribution in [0.15, 0.2) is 0 Å². The summed E-state index contributed by atoms with van der Waals surface area (Å²) in [5, 5.41) is 14.5. The fourth-order valence-corrected chi connectivity index (χ4v) is 2.46. The molecule has 0 aromatic carbocycles. The van der Waals surface area contributed by atoms with Crippen LogP contribution in [-0.4, -0.2) is 69.0 Å². The molecule has 1 rings (SSSR count). The van der Waals surface area contributed by atoms with Crippen molar-refractivity contribution in [3.63, 3.8) is 0 Å². The van der Waals surface area contributed by atoms with Crippen molar-refractivity contribution in [3.05, 3.63) is 0 Å². The number of ether oxygens (including phenoxy) is 1. The highest BCUT2D eigenvalue weighted by molar-refractivity contribution is 5.74. The molecule has 0 saturated heterocycles. The Balaban J connectivity index is 2.14. The molecule has 1 aliphatic rings. The lowest BCUT2D eigenvalue weighted by atomic mass is 9.66. The first-order valence-corrected chi connectivity index (χ1v) is 7.38. The molecule has 3 N–H and O–H groups in total. The first-order chi connectivity index (χ1) is 9.97. The van der Waals surface area contributed by atoms with Gasteiger partial charge in [0.25, 0.3) is 0 Å². The predicted molar refractivity (Wildman–Crippen MR) is 79.3 cm³/mol. The minimum atomic E-state index is -0.795. The van der Waals surface area contributed by atoms with Gasteiger partial charge < -0.3 is 25.4 Å². The molecule has 0 spiro atoms. The van der Waals surface area contributed by atoms with Crippen molar-refractivity contribution >= 4 is 12.0 Å². The van der Waals surface area contributed by atoms with E-state index in [0.717, 1.165) is 32.4 Å². The van der Waals surface area contributed by atoms with Gasteiger partial charge in [-0.1, -0.05) is 6.42 Å². The van der Waals surface area contributed by atoms with Crippen LogP contribution in [0.2, 0.25) is 0 Å². The van der Waals surface area contributed by atoms with E-state index in [-0.39, 0.29) is 17.9 Å². The quantitative estimate of drug-likeness (QED) is 0.547. The summed E-state index contributed by atoms with van der Waals surface area (Å²) in [4.78, 5) is 24.6. The number of hydrogen-bond donors (Lipinski definition) is 3. The summed E-state index contributed by atoms with van der Waals surface area (Å²) in [6, 6.07) is -0.230. The van der Waals surface area contributed by atoms with Gasteiger partial charge in [0.2, 0.25) is 0 Å². The number of carbonyl (C=O) groups excluding carboxylic acids is 1. The summed E-state index contributed by atoms with van der Waals surface area (Å²) in [6.07, 6.45) is 2.92. The van der Waals surface area contributed by atoms with E-state index in [9.17, 15) is 9.59 Å². The van der Waals surface area contributed by atoms with Crippen molar-refractivity contribution in [1.29, 1.82) is 0 Å². The van der Waals surface area contributed by atoms with E-state index in [1.165, 1.54) is 0 Å². The zero-order chi connectivity index (χ0) is 15.7. The van der Waals surface area contributed by atoms with E-state index in [1.807, 2.05) is 7.05 Å². The highest BCUT2D eigenvalue weighted by atomic mass is 16.5. The summed E-state index contributed by atoms with van der Waals surface area (Å²) < 4.78 is 4.98. The number of nitrogens with zero attached hydrogens (tertiary/aromatic N) is 1. The van der Waals surface area contributed by atoms with Crippen LogP contribution in [0, 0.1) is 5.41 Å². The summed E-state index contributed by atoms with van der Waals surface area (Å²) in [5.74, 6) is -0.795. The third kappa shape index (κ3) is 6.77. The van der Waals surface area contributed by atoms with Gasteiger partial charge >= 0.3 is 12.0 Å². The molecular weight excluding hydrogens is 274 g/mol. The molecule has 7 heteroatoms. The summed E-state index contributed by atoms with van der Waals surface area (Å²) >= 11 is 0. The molecule has 0 radical (unpaired) electrons. The lowest BCUT2D eigenvalue weighted by Gasteiger charge is -2.40. The van der Waals surface area contributed by atoms with Crippen LogP contribution >= 0.6 is 0 Å². The Bertz CT molecular complexity index is 345.